The molecule has 38 heavy (non-hydrogen) atoms. The number of piperidine rings is 1. The molecule has 2 aromatic rings. The summed E-state index contributed by atoms with van der Waals surface area (Å²) in [5.74, 6) is -4.92. The highest BCUT2D eigenvalue weighted by Crippen LogP contribution is 2.38. The fourth-order valence-electron chi connectivity index (χ4n) is 4.33. The number of nitrogens with one attached hydrogen (secondary N) is 1. The average molecular weight is 532 g/mol. The smallest absolute Gasteiger partial charge is 0.416 e. The first kappa shape index (κ1) is 26.8. The normalized spacial score (nSPS) is 22.4. The van der Waals surface area contributed by atoms with E-state index in [9.17, 15) is 37.1 Å². The SMILES string of the molecule is CCN1C(=O)C(NC(=O)c2cccc(C(F)(F)F)c2)C(c2ccc(F)cc2)/C(=C(/N)C(=O)O)C1=NC1CC1. The predicted molar refractivity (Wildman–Crippen MR) is 129 cm³/mol. The zero-order valence-corrected chi connectivity index (χ0v) is 20.1. The monoisotopic (exact) mass is 532 g/mol. The highest BCUT2D eigenvalue weighted by Gasteiger charge is 2.47. The second kappa shape index (κ2) is 10.3. The second-order valence-electron chi connectivity index (χ2n) is 8.96. The van der Waals surface area contributed by atoms with Gasteiger partial charge in [-0.3, -0.25) is 19.5 Å². The Hall–Kier alpha value is -4.22. The van der Waals surface area contributed by atoms with Crippen molar-refractivity contribution < 1.29 is 37.1 Å². The number of likely N-dealkylation sites (tertiary alicyclic amines) is 1. The minimum absolute atomic E-state index is 0.0405. The molecule has 8 nitrogen and oxygen atoms in total. The van der Waals surface area contributed by atoms with E-state index in [0.29, 0.717) is 6.07 Å². The summed E-state index contributed by atoms with van der Waals surface area (Å²) in [6.45, 7) is 1.67. The lowest BCUT2D eigenvalue weighted by Crippen LogP contribution is -2.59. The van der Waals surface area contributed by atoms with Gasteiger partial charge in [0.25, 0.3) is 11.8 Å². The minimum Gasteiger partial charge on any atom is -0.477 e. The number of benzene rings is 2. The summed E-state index contributed by atoms with van der Waals surface area (Å²) >= 11 is 0. The van der Waals surface area contributed by atoms with Crippen molar-refractivity contribution in [2.24, 2.45) is 10.7 Å². The number of alkyl halides is 3. The van der Waals surface area contributed by atoms with Gasteiger partial charge >= 0.3 is 12.1 Å². The average Bonchev–Trinajstić information content (AvgIpc) is 3.69. The van der Waals surface area contributed by atoms with Crippen molar-refractivity contribution >= 4 is 23.6 Å². The number of carbonyl (C=O) groups excluding carboxylic acids is 2. The third kappa shape index (κ3) is 5.38. The number of hydrogen-bond donors (Lipinski definition) is 3. The van der Waals surface area contributed by atoms with Crippen LogP contribution in [0.25, 0.3) is 0 Å². The minimum atomic E-state index is -4.70. The van der Waals surface area contributed by atoms with E-state index >= 15 is 0 Å². The molecule has 0 aromatic heterocycles. The van der Waals surface area contributed by atoms with Crippen LogP contribution in [-0.2, 0) is 15.8 Å². The maximum absolute atomic E-state index is 13.8. The van der Waals surface area contributed by atoms with E-state index in [-0.39, 0.29) is 35.1 Å². The molecule has 2 amide bonds. The summed E-state index contributed by atoms with van der Waals surface area (Å²) in [5.41, 5.74) is 4.19. The van der Waals surface area contributed by atoms with Gasteiger partial charge in [0.1, 0.15) is 23.4 Å². The molecule has 4 N–H and O–H groups in total. The van der Waals surface area contributed by atoms with E-state index < -0.39 is 53.0 Å². The molecule has 1 aliphatic carbocycles. The lowest BCUT2D eigenvalue weighted by atomic mass is 9.78. The molecule has 0 bridgehead atoms. The standard InChI is InChI=1S/C26H24F4N4O4/c1-2-34-22(32-17-10-11-17)19(20(31)25(37)38)18(13-6-8-16(27)9-7-13)21(24(34)36)33-23(35)14-4-3-5-15(12-14)26(28,29)30/h3-9,12,17-18,21H,2,10-11,31H2,1H3,(H,33,35)(H,37,38)/b20-19-,32-22?. The van der Waals surface area contributed by atoms with Crippen molar-refractivity contribution in [1.82, 2.24) is 10.2 Å². The highest BCUT2D eigenvalue weighted by molar-refractivity contribution is 6.17. The first-order valence-corrected chi connectivity index (χ1v) is 11.8. The van der Waals surface area contributed by atoms with Crippen LogP contribution in [0.3, 0.4) is 0 Å². The molecule has 12 heteroatoms. The number of rotatable bonds is 6. The van der Waals surface area contributed by atoms with E-state index in [2.05, 4.69) is 10.3 Å². The molecule has 1 aliphatic heterocycles. The van der Waals surface area contributed by atoms with E-state index in [1.165, 1.54) is 17.0 Å². The van der Waals surface area contributed by atoms with Gasteiger partial charge in [-0.15, -0.1) is 0 Å². The molecule has 4 rings (SSSR count). The maximum atomic E-state index is 13.8. The summed E-state index contributed by atoms with van der Waals surface area (Å²) in [7, 11) is 0. The number of amidine groups is 1. The fourth-order valence-corrected chi connectivity index (χ4v) is 4.33. The highest BCUT2D eigenvalue weighted by atomic mass is 19.4. The number of aliphatic imine (C=N–C) groups is 1. The molecule has 1 heterocycles. The van der Waals surface area contributed by atoms with Crippen LogP contribution < -0.4 is 11.1 Å². The summed E-state index contributed by atoms with van der Waals surface area (Å²) in [6, 6.07) is 6.89. The van der Waals surface area contributed by atoms with Crippen molar-refractivity contribution in [1.29, 1.82) is 0 Å². The van der Waals surface area contributed by atoms with Crippen molar-refractivity contribution in [2.45, 2.75) is 43.9 Å². The van der Waals surface area contributed by atoms with Crippen LogP contribution in [0.4, 0.5) is 17.6 Å². The molecule has 2 aromatic carbocycles. The predicted octanol–water partition coefficient (Wildman–Crippen LogP) is 3.45. The Labute approximate surface area is 214 Å². The van der Waals surface area contributed by atoms with Crippen molar-refractivity contribution in [3.05, 3.63) is 82.3 Å². The zero-order chi connectivity index (χ0) is 27.8. The lowest BCUT2D eigenvalue weighted by molar-refractivity contribution is -0.137. The van der Waals surface area contributed by atoms with Gasteiger partial charge in [-0.1, -0.05) is 18.2 Å². The number of nitrogens with two attached hydrogens (primary N) is 1. The number of likely N-dealkylation sites (N-methyl/N-ethyl adjacent to an activating group) is 1. The molecule has 1 saturated carbocycles. The Morgan fingerprint density at radius 3 is 2.37 bits per heavy atom. The molecule has 1 saturated heterocycles. The van der Waals surface area contributed by atoms with Crippen LogP contribution in [-0.4, -0.2) is 52.3 Å². The van der Waals surface area contributed by atoms with Crippen molar-refractivity contribution in [3.63, 3.8) is 0 Å². The maximum Gasteiger partial charge on any atom is 0.416 e. The number of aliphatic carboxylic acids is 1. The number of halogens is 4. The van der Waals surface area contributed by atoms with Crippen LogP contribution in [0.5, 0.6) is 0 Å². The molecular formula is C26H24F4N4O4. The number of nitrogens with zero attached hydrogens (tertiary/aromatic N) is 2. The van der Waals surface area contributed by atoms with Crippen LogP contribution in [0, 0.1) is 5.82 Å². The van der Waals surface area contributed by atoms with Gasteiger partial charge in [0.2, 0.25) is 0 Å². The molecular weight excluding hydrogens is 508 g/mol. The Balaban J connectivity index is 1.86. The van der Waals surface area contributed by atoms with E-state index in [4.69, 9.17) is 5.73 Å². The quantitative estimate of drug-likeness (QED) is 0.388. The largest absolute Gasteiger partial charge is 0.477 e. The Kier molecular flexibility index (Phi) is 7.25. The molecule has 0 spiro atoms. The molecule has 2 fully saturated rings. The zero-order valence-electron chi connectivity index (χ0n) is 20.1. The van der Waals surface area contributed by atoms with Gasteiger partial charge < -0.3 is 16.2 Å². The Morgan fingerprint density at radius 2 is 1.82 bits per heavy atom. The summed E-state index contributed by atoms with van der Waals surface area (Å²) in [6.07, 6.45) is -3.24. The Bertz CT molecular complexity index is 1330. The second-order valence-corrected chi connectivity index (χ2v) is 8.96. The first-order valence-electron chi connectivity index (χ1n) is 11.8. The van der Waals surface area contributed by atoms with Crippen molar-refractivity contribution in [2.75, 3.05) is 6.54 Å². The van der Waals surface area contributed by atoms with Gasteiger partial charge in [-0.2, -0.15) is 13.2 Å². The third-order valence-corrected chi connectivity index (χ3v) is 6.33. The molecule has 0 radical (unpaired) electrons. The summed E-state index contributed by atoms with van der Waals surface area (Å²) in [5, 5.41) is 12.3. The van der Waals surface area contributed by atoms with Crippen LogP contribution >= 0.6 is 0 Å². The summed E-state index contributed by atoms with van der Waals surface area (Å²) in [4.78, 5) is 44.6. The number of carboxylic acid groups (broad SMARTS) is 1. The first-order chi connectivity index (χ1) is 17.9. The topological polar surface area (TPSA) is 125 Å². The Morgan fingerprint density at radius 1 is 1.16 bits per heavy atom. The third-order valence-electron chi connectivity index (χ3n) is 6.33. The van der Waals surface area contributed by atoms with Gasteiger partial charge in [0, 0.05) is 23.6 Å². The van der Waals surface area contributed by atoms with Crippen molar-refractivity contribution in [3.8, 4) is 0 Å². The van der Waals surface area contributed by atoms with Gasteiger partial charge in [-0.05, 0) is 55.7 Å². The van der Waals surface area contributed by atoms with Gasteiger partial charge in [-0.25, -0.2) is 9.18 Å². The van der Waals surface area contributed by atoms with E-state index in [1.807, 2.05) is 0 Å². The van der Waals surface area contributed by atoms with Gasteiger partial charge in [0.05, 0.1) is 11.6 Å². The van der Waals surface area contributed by atoms with Crippen LogP contribution in [0.2, 0.25) is 0 Å². The molecule has 200 valence electrons. The van der Waals surface area contributed by atoms with Crippen LogP contribution in [0.1, 0.15) is 47.2 Å². The number of carboxylic acids is 1. The molecule has 2 atom stereocenters. The van der Waals surface area contributed by atoms with Gasteiger partial charge in [0.15, 0.2) is 0 Å². The molecule has 2 aliphatic rings. The molecule has 2 unspecified atom stereocenters. The number of hydrogen-bond acceptors (Lipinski definition) is 5. The van der Waals surface area contributed by atoms with E-state index in [0.717, 1.165) is 43.2 Å². The fraction of sp³-hybridized carbons (Fsp3) is 0.308. The number of amides is 2. The lowest BCUT2D eigenvalue weighted by Gasteiger charge is -2.41. The van der Waals surface area contributed by atoms with E-state index in [1.54, 1.807) is 6.92 Å². The number of carbonyl (C=O) groups is 3. The van der Waals surface area contributed by atoms with Crippen LogP contribution in [0.15, 0.2) is 64.8 Å². The summed E-state index contributed by atoms with van der Waals surface area (Å²) < 4.78 is 53.4.